The van der Waals surface area contributed by atoms with Gasteiger partial charge in [0.05, 0.1) is 12.2 Å². The van der Waals surface area contributed by atoms with E-state index in [2.05, 4.69) is 0 Å². The van der Waals surface area contributed by atoms with Crippen molar-refractivity contribution >= 4 is 5.97 Å². The summed E-state index contributed by atoms with van der Waals surface area (Å²) in [5.41, 5.74) is 5.31. The molecule has 1 rings (SSSR count). The molecular weight excluding hydrogens is 194 g/mol. The van der Waals surface area contributed by atoms with E-state index in [0.29, 0.717) is 0 Å². The molecule has 0 radical (unpaired) electrons. The van der Waals surface area contributed by atoms with E-state index in [4.69, 9.17) is 15.2 Å². The van der Waals surface area contributed by atoms with Crippen molar-refractivity contribution in [2.24, 2.45) is 5.73 Å². The molecule has 1 aliphatic rings. The third-order valence-corrected chi connectivity index (χ3v) is 2.34. The number of carbonyl (C=O) groups is 1. The fourth-order valence-corrected chi connectivity index (χ4v) is 1.62. The fourth-order valence-electron chi connectivity index (χ4n) is 1.62. The molecule has 0 spiro atoms. The Bertz CT molecular complexity index is 234. The van der Waals surface area contributed by atoms with E-state index >= 15 is 0 Å². The lowest BCUT2D eigenvalue weighted by molar-refractivity contribution is -0.160. The highest BCUT2D eigenvalue weighted by Crippen LogP contribution is 2.22. The van der Waals surface area contributed by atoms with Crippen LogP contribution in [0.15, 0.2) is 0 Å². The molecule has 0 bridgehead atoms. The lowest BCUT2D eigenvalue weighted by atomic mass is 10.1. The molecule has 1 saturated heterocycles. The SMILES string of the molecule is CC1CCC(C(N)C(=O)OC(C)(C)C)O1. The maximum Gasteiger partial charge on any atom is 0.326 e. The standard InChI is InChI=1S/C11H21NO3/c1-7-5-6-8(14-7)9(12)10(13)15-11(2,3)4/h7-9H,5-6,12H2,1-4H3. The van der Waals surface area contributed by atoms with E-state index in [9.17, 15) is 4.79 Å². The predicted molar refractivity (Wildman–Crippen MR) is 57.4 cm³/mol. The molecule has 0 aromatic heterocycles. The lowest BCUT2D eigenvalue weighted by Gasteiger charge is -2.24. The Balaban J connectivity index is 2.46. The first kappa shape index (κ1) is 12.5. The van der Waals surface area contributed by atoms with Crippen molar-refractivity contribution in [1.82, 2.24) is 0 Å². The summed E-state index contributed by atoms with van der Waals surface area (Å²) in [6, 6.07) is -0.658. The van der Waals surface area contributed by atoms with Gasteiger partial charge in [-0.3, -0.25) is 4.79 Å². The van der Waals surface area contributed by atoms with Gasteiger partial charge in [0.15, 0.2) is 0 Å². The lowest BCUT2D eigenvalue weighted by Crippen LogP contribution is -2.45. The van der Waals surface area contributed by atoms with E-state index in [-0.39, 0.29) is 18.2 Å². The van der Waals surface area contributed by atoms with Crippen LogP contribution in [0.5, 0.6) is 0 Å². The zero-order valence-corrected chi connectivity index (χ0v) is 9.95. The highest BCUT2D eigenvalue weighted by Gasteiger charge is 2.34. The minimum absolute atomic E-state index is 0.185. The number of hydrogen-bond acceptors (Lipinski definition) is 4. The minimum Gasteiger partial charge on any atom is -0.459 e. The average Bonchev–Trinajstić information content (AvgIpc) is 2.47. The Morgan fingerprint density at radius 3 is 2.47 bits per heavy atom. The van der Waals surface area contributed by atoms with E-state index in [1.54, 1.807) is 0 Å². The van der Waals surface area contributed by atoms with E-state index in [1.165, 1.54) is 0 Å². The number of esters is 1. The predicted octanol–water partition coefficient (Wildman–Crippen LogP) is 1.22. The van der Waals surface area contributed by atoms with Crippen LogP contribution in [-0.2, 0) is 14.3 Å². The first-order valence-electron chi connectivity index (χ1n) is 5.43. The van der Waals surface area contributed by atoms with Crippen LogP contribution in [0.25, 0.3) is 0 Å². The zero-order chi connectivity index (χ0) is 11.6. The van der Waals surface area contributed by atoms with Crippen LogP contribution in [0.2, 0.25) is 0 Å². The Labute approximate surface area is 91.1 Å². The van der Waals surface area contributed by atoms with Gasteiger partial charge < -0.3 is 15.2 Å². The summed E-state index contributed by atoms with van der Waals surface area (Å²) in [4.78, 5) is 11.6. The van der Waals surface area contributed by atoms with Gasteiger partial charge in [-0.15, -0.1) is 0 Å². The molecule has 1 aliphatic heterocycles. The summed E-state index contributed by atoms with van der Waals surface area (Å²) >= 11 is 0. The van der Waals surface area contributed by atoms with E-state index in [1.807, 2.05) is 27.7 Å². The molecule has 3 atom stereocenters. The van der Waals surface area contributed by atoms with Crippen LogP contribution in [0.4, 0.5) is 0 Å². The second-order valence-corrected chi connectivity index (χ2v) is 5.12. The van der Waals surface area contributed by atoms with Gasteiger partial charge in [0, 0.05) is 0 Å². The monoisotopic (exact) mass is 215 g/mol. The van der Waals surface area contributed by atoms with Gasteiger partial charge in [0.25, 0.3) is 0 Å². The molecule has 1 fully saturated rings. The second kappa shape index (κ2) is 4.49. The van der Waals surface area contributed by atoms with Crippen molar-refractivity contribution in [3.8, 4) is 0 Å². The first-order chi connectivity index (χ1) is 6.79. The van der Waals surface area contributed by atoms with Gasteiger partial charge in [-0.05, 0) is 40.5 Å². The van der Waals surface area contributed by atoms with Gasteiger partial charge in [-0.1, -0.05) is 0 Å². The van der Waals surface area contributed by atoms with Gasteiger partial charge in [-0.2, -0.15) is 0 Å². The number of carbonyl (C=O) groups excluding carboxylic acids is 1. The molecular formula is C11H21NO3. The maximum atomic E-state index is 11.6. The highest BCUT2D eigenvalue weighted by atomic mass is 16.6. The van der Waals surface area contributed by atoms with Crippen LogP contribution in [0.1, 0.15) is 40.5 Å². The largest absolute Gasteiger partial charge is 0.459 e. The first-order valence-corrected chi connectivity index (χ1v) is 5.43. The van der Waals surface area contributed by atoms with Crippen molar-refractivity contribution < 1.29 is 14.3 Å². The van der Waals surface area contributed by atoms with E-state index < -0.39 is 11.6 Å². The van der Waals surface area contributed by atoms with Gasteiger partial charge in [0.2, 0.25) is 0 Å². The molecule has 88 valence electrons. The number of rotatable bonds is 2. The minimum atomic E-state index is -0.658. The van der Waals surface area contributed by atoms with Crippen molar-refractivity contribution in [3.63, 3.8) is 0 Å². The Kier molecular flexibility index (Phi) is 3.73. The Morgan fingerprint density at radius 2 is 2.07 bits per heavy atom. The number of ether oxygens (including phenoxy) is 2. The fraction of sp³-hybridized carbons (Fsp3) is 0.909. The van der Waals surface area contributed by atoms with Crippen LogP contribution in [-0.4, -0.2) is 29.8 Å². The molecule has 0 aliphatic carbocycles. The Hall–Kier alpha value is -0.610. The second-order valence-electron chi connectivity index (χ2n) is 5.12. The summed E-state index contributed by atoms with van der Waals surface area (Å²) in [5, 5.41) is 0. The van der Waals surface area contributed by atoms with Crippen LogP contribution < -0.4 is 5.73 Å². The van der Waals surface area contributed by atoms with E-state index in [0.717, 1.165) is 12.8 Å². The molecule has 4 heteroatoms. The van der Waals surface area contributed by atoms with Crippen molar-refractivity contribution in [3.05, 3.63) is 0 Å². The molecule has 0 aromatic rings. The summed E-state index contributed by atoms with van der Waals surface area (Å²) in [5.74, 6) is -0.374. The molecule has 0 saturated carbocycles. The van der Waals surface area contributed by atoms with Crippen LogP contribution in [0.3, 0.4) is 0 Å². The normalized spacial score (nSPS) is 28.9. The number of nitrogens with two attached hydrogens (primary N) is 1. The average molecular weight is 215 g/mol. The van der Waals surface area contributed by atoms with Crippen LogP contribution in [0, 0.1) is 0 Å². The Morgan fingerprint density at radius 1 is 1.47 bits per heavy atom. The van der Waals surface area contributed by atoms with Gasteiger partial charge >= 0.3 is 5.97 Å². The topological polar surface area (TPSA) is 61.6 Å². The smallest absolute Gasteiger partial charge is 0.326 e. The summed E-state index contributed by atoms with van der Waals surface area (Å²) in [6.07, 6.45) is 1.81. The maximum absolute atomic E-state index is 11.6. The molecule has 0 amide bonds. The zero-order valence-electron chi connectivity index (χ0n) is 9.95. The van der Waals surface area contributed by atoms with Crippen LogP contribution >= 0.6 is 0 Å². The van der Waals surface area contributed by atoms with Gasteiger partial charge in [0.1, 0.15) is 11.6 Å². The molecule has 1 heterocycles. The molecule has 3 unspecified atom stereocenters. The highest BCUT2D eigenvalue weighted by molar-refractivity contribution is 5.76. The van der Waals surface area contributed by atoms with Crippen molar-refractivity contribution in [2.75, 3.05) is 0 Å². The summed E-state index contributed by atoms with van der Waals surface area (Å²) < 4.78 is 10.7. The third kappa shape index (κ3) is 3.80. The molecule has 4 nitrogen and oxygen atoms in total. The molecule has 0 aromatic carbocycles. The van der Waals surface area contributed by atoms with Crippen molar-refractivity contribution in [2.45, 2.75) is 64.4 Å². The molecule has 2 N–H and O–H groups in total. The summed E-state index contributed by atoms with van der Waals surface area (Å²) in [7, 11) is 0. The summed E-state index contributed by atoms with van der Waals surface area (Å²) in [6.45, 7) is 7.48. The molecule has 15 heavy (non-hydrogen) atoms. The quantitative estimate of drug-likeness (QED) is 0.704. The van der Waals surface area contributed by atoms with Gasteiger partial charge in [-0.25, -0.2) is 0 Å². The number of hydrogen-bond donors (Lipinski definition) is 1. The third-order valence-electron chi connectivity index (χ3n) is 2.34. The van der Waals surface area contributed by atoms with Crippen molar-refractivity contribution in [1.29, 1.82) is 0 Å².